The lowest BCUT2D eigenvalue weighted by atomic mass is 10.2. The fourth-order valence-electron chi connectivity index (χ4n) is 2.80. The van der Waals surface area contributed by atoms with Crippen molar-refractivity contribution in [2.24, 2.45) is 19.8 Å². The SMILES string of the molecule is Cn1c(=O)c2c(nc(NCCN)n2CC=Cc2ccccc2)n(C)c1=O. The zero-order valence-electron chi connectivity index (χ0n) is 14.8. The lowest BCUT2D eigenvalue weighted by Gasteiger charge is -2.08. The van der Waals surface area contributed by atoms with E-state index >= 15 is 0 Å². The molecule has 0 saturated carbocycles. The highest BCUT2D eigenvalue weighted by atomic mass is 16.2. The van der Waals surface area contributed by atoms with Crippen LogP contribution in [0.5, 0.6) is 0 Å². The number of aromatic nitrogens is 4. The molecule has 3 aromatic rings. The normalized spacial score (nSPS) is 11.5. The number of nitrogens with zero attached hydrogens (tertiary/aromatic N) is 4. The molecular formula is C18H22N6O2. The Hall–Kier alpha value is -3.13. The number of allylic oxidation sites excluding steroid dienone is 1. The van der Waals surface area contributed by atoms with Crippen molar-refractivity contribution >= 4 is 23.2 Å². The van der Waals surface area contributed by atoms with Gasteiger partial charge in [-0.3, -0.25) is 13.9 Å². The van der Waals surface area contributed by atoms with Gasteiger partial charge in [0.1, 0.15) is 0 Å². The Morgan fingerprint density at radius 1 is 1.15 bits per heavy atom. The van der Waals surface area contributed by atoms with Crippen molar-refractivity contribution in [2.45, 2.75) is 6.54 Å². The van der Waals surface area contributed by atoms with Gasteiger partial charge in [0, 0.05) is 33.7 Å². The number of hydrogen-bond donors (Lipinski definition) is 2. The second kappa shape index (κ2) is 7.40. The first-order chi connectivity index (χ1) is 12.5. The van der Waals surface area contributed by atoms with Crippen molar-refractivity contribution in [1.29, 1.82) is 0 Å². The van der Waals surface area contributed by atoms with Gasteiger partial charge >= 0.3 is 5.69 Å². The van der Waals surface area contributed by atoms with Crippen LogP contribution in [0.15, 0.2) is 46.0 Å². The van der Waals surface area contributed by atoms with Crippen LogP contribution in [-0.4, -0.2) is 31.8 Å². The van der Waals surface area contributed by atoms with Crippen molar-refractivity contribution in [3.05, 3.63) is 62.8 Å². The molecule has 0 fully saturated rings. The van der Waals surface area contributed by atoms with Crippen molar-refractivity contribution in [2.75, 3.05) is 18.4 Å². The van der Waals surface area contributed by atoms with Crippen molar-refractivity contribution in [3.8, 4) is 0 Å². The number of rotatable bonds is 6. The summed E-state index contributed by atoms with van der Waals surface area (Å²) < 4.78 is 4.24. The molecule has 1 aromatic carbocycles. The molecule has 0 bridgehead atoms. The highest BCUT2D eigenvalue weighted by Crippen LogP contribution is 2.16. The minimum absolute atomic E-state index is 0.353. The third-order valence-electron chi connectivity index (χ3n) is 4.17. The molecule has 2 aromatic heterocycles. The summed E-state index contributed by atoms with van der Waals surface area (Å²) in [5.41, 5.74) is 6.59. The van der Waals surface area contributed by atoms with E-state index in [0.29, 0.717) is 36.7 Å². The summed E-state index contributed by atoms with van der Waals surface area (Å²) in [4.78, 5) is 29.3. The van der Waals surface area contributed by atoms with Crippen LogP contribution in [0.4, 0.5) is 5.95 Å². The fraction of sp³-hybridized carbons (Fsp3) is 0.278. The summed E-state index contributed by atoms with van der Waals surface area (Å²) >= 11 is 0. The fourth-order valence-corrected chi connectivity index (χ4v) is 2.80. The Labute approximate surface area is 150 Å². The van der Waals surface area contributed by atoms with Crippen LogP contribution in [0, 0.1) is 0 Å². The minimum Gasteiger partial charge on any atom is -0.354 e. The van der Waals surface area contributed by atoms with Crippen LogP contribution >= 0.6 is 0 Å². The first kappa shape index (κ1) is 17.7. The Bertz CT molecular complexity index is 1060. The van der Waals surface area contributed by atoms with Gasteiger partial charge in [-0.05, 0) is 5.56 Å². The molecule has 0 saturated heterocycles. The zero-order valence-corrected chi connectivity index (χ0v) is 14.8. The third kappa shape index (κ3) is 3.18. The first-order valence-corrected chi connectivity index (χ1v) is 8.36. The Kier molecular flexibility index (Phi) is 5.04. The predicted molar refractivity (Wildman–Crippen MR) is 103 cm³/mol. The highest BCUT2D eigenvalue weighted by Gasteiger charge is 2.18. The molecule has 3 N–H and O–H groups in total. The quantitative estimate of drug-likeness (QED) is 0.672. The van der Waals surface area contributed by atoms with Gasteiger partial charge in [0.2, 0.25) is 5.95 Å². The van der Waals surface area contributed by atoms with Gasteiger partial charge in [-0.15, -0.1) is 0 Å². The molecule has 0 amide bonds. The molecule has 8 nitrogen and oxygen atoms in total. The van der Waals surface area contributed by atoms with Crippen LogP contribution in [0.1, 0.15) is 5.56 Å². The van der Waals surface area contributed by atoms with Crippen molar-refractivity contribution in [1.82, 2.24) is 18.7 Å². The molecule has 0 spiro atoms. The number of nitrogens with one attached hydrogen (secondary N) is 1. The van der Waals surface area contributed by atoms with Gasteiger partial charge in [-0.1, -0.05) is 42.5 Å². The lowest BCUT2D eigenvalue weighted by molar-refractivity contribution is 0.703. The number of imidazole rings is 1. The van der Waals surface area contributed by atoms with Gasteiger partial charge in [0.25, 0.3) is 5.56 Å². The summed E-state index contributed by atoms with van der Waals surface area (Å²) in [6.07, 6.45) is 3.93. The van der Waals surface area contributed by atoms with E-state index in [4.69, 9.17) is 5.73 Å². The second-order valence-electron chi connectivity index (χ2n) is 5.95. The molecule has 0 aliphatic heterocycles. The zero-order chi connectivity index (χ0) is 18.7. The minimum atomic E-state index is -0.405. The number of fused-ring (bicyclic) bond motifs is 1. The summed E-state index contributed by atoms with van der Waals surface area (Å²) in [7, 11) is 3.07. The van der Waals surface area contributed by atoms with Gasteiger partial charge in [0.15, 0.2) is 11.2 Å². The summed E-state index contributed by atoms with van der Waals surface area (Å²) in [6, 6.07) is 9.88. The van der Waals surface area contributed by atoms with Gasteiger partial charge in [-0.25, -0.2) is 4.79 Å². The average Bonchev–Trinajstić information content (AvgIpc) is 3.02. The van der Waals surface area contributed by atoms with Gasteiger partial charge in [-0.2, -0.15) is 4.98 Å². The van der Waals surface area contributed by atoms with E-state index in [1.807, 2.05) is 42.5 Å². The number of aryl methyl sites for hydroxylation is 1. The maximum atomic E-state index is 12.7. The lowest BCUT2D eigenvalue weighted by Crippen LogP contribution is -2.37. The van der Waals surface area contributed by atoms with Crippen LogP contribution in [-0.2, 0) is 20.6 Å². The molecule has 8 heteroatoms. The molecule has 3 rings (SSSR count). The van der Waals surface area contributed by atoms with Crippen molar-refractivity contribution < 1.29 is 0 Å². The molecule has 0 aliphatic carbocycles. The molecule has 2 heterocycles. The van der Waals surface area contributed by atoms with Crippen LogP contribution < -0.4 is 22.3 Å². The summed E-state index contributed by atoms with van der Waals surface area (Å²) in [6.45, 7) is 1.38. The van der Waals surface area contributed by atoms with Crippen molar-refractivity contribution in [3.63, 3.8) is 0 Å². The molecule has 136 valence electrons. The van der Waals surface area contributed by atoms with Crippen LogP contribution in [0.2, 0.25) is 0 Å². The van der Waals surface area contributed by atoms with E-state index in [1.165, 1.54) is 11.6 Å². The van der Waals surface area contributed by atoms with E-state index in [0.717, 1.165) is 10.1 Å². The van der Waals surface area contributed by atoms with E-state index in [2.05, 4.69) is 10.3 Å². The van der Waals surface area contributed by atoms with Crippen LogP contribution in [0.3, 0.4) is 0 Å². The second-order valence-corrected chi connectivity index (χ2v) is 5.95. The molecule has 0 radical (unpaired) electrons. The molecular weight excluding hydrogens is 332 g/mol. The van der Waals surface area contributed by atoms with E-state index in [9.17, 15) is 9.59 Å². The first-order valence-electron chi connectivity index (χ1n) is 8.36. The number of hydrogen-bond acceptors (Lipinski definition) is 5. The Morgan fingerprint density at radius 2 is 1.88 bits per heavy atom. The van der Waals surface area contributed by atoms with E-state index < -0.39 is 5.69 Å². The monoisotopic (exact) mass is 354 g/mol. The number of nitrogens with two attached hydrogens (primary N) is 1. The number of anilines is 1. The maximum Gasteiger partial charge on any atom is 0.332 e. The number of benzene rings is 1. The van der Waals surface area contributed by atoms with Crippen LogP contribution in [0.25, 0.3) is 17.2 Å². The largest absolute Gasteiger partial charge is 0.354 e. The van der Waals surface area contributed by atoms with Gasteiger partial charge in [0.05, 0.1) is 0 Å². The maximum absolute atomic E-state index is 12.7. The molecule has 0 aliphatic rings. The van der Waals surface area contributed by atoms with E-state index in [1.54, 1.807) is 11.6 Å². The average molecular weight is 354 g/mol. The van der Waals surface area contributed by atoms with Gasteiger partial charge < -0.3 is 15.6 Å². The Morgan fingerprint density at radius 3 is 2.58 bits per heavy atom. The topological polar surface area (TPSA) is 99.9 Å². The highest BCUT2D eigenvalue weighted by molar-refractivity contribution is 5.74. The summed E-state index contributed by atoms with van der Waals surface area (Å²) in [5, 5.41) is 3.12. The van der Waals surface area contributed by atoms with E-state index in [-0.39, 0.29) is 5.56 Å². The third-order valence-corrected chi connectivity index (χ3v) is 4.17. The molecule has 0 unspecified atom stereocenters. The molecule has 26 heavy (non-hydrogen) atoms. The Balaban J connectivity index is 2.10. The smallest absolute Gasteiger partial charge is 0.332 e. The summed E-state index contributed by atoms with van der Waals surface area (Å²) in [5.74, 6) is 0.515. The standard InChI is InChI=1S/C18H22N6O2/c1-22-15-14(16(25)23(2)18(22)26)24(17(21-15)20-11-10-19)12-6-9-13-7-4-3-5-8-13/h3-9H,10-12,19H2,1-2H3,(H,20,21). The predicted octanol–water partition coefficient (Wildman–Crippen LogP) is 0.518. The molecule has 0 atom stereocenters.